The summed E-state index contributed by atoms with van der Waals surface area (Å²) in [5.74, 6) is 2.56. The number of anilines is 1. The molecule has 0 radical (unpaired) electrons. The number of hydrogen-bond acceptors (Lipinski definition) is 4. The first-order chi connectivity index (χ1) is 13.5. The fraction of sp³-hybridized carbons (Fsp3) is 0.273. The molecule has 1 N–H and O–H groups in total. The van der Waals surface area contributed by atoms with E-state index in [1.165, 1.54) is 0 Å². The lowest BCUT2D eigenvalue weighted by atomic mass is 10.0. The summed E-state index contributed by atoms with van der Waals surface area (Å²) in [5.41, 5.74) is 1.90. The molecule has 144 valence electrons. The first-order valence-electron chi connectivity index (χ1n) is 9.36. The monoisotopic (exact) mass is 393 g/mol. The van der Waals surface area contributed by atoms with Crippen LogP contribution >= 0.6 is 12.2 Å². The Morgan fingerprint density at radius 3 is 2.50 bits per heavy atom. The van der Waals surface area contributed by atoms with E-state index in [-0.39, 0.29) is 18.2 Å². The van der Waals surface area contributed by atoms with Crippen LogP contribution in [0.5, 0.6) is 5.75 Å². The van der Waals surface area contributed by atoms with Crippen LogP contribution in [0.4, 0.5) is 5.69 Å². The third kappa shape index (κ3) is 3.60. The highest BCUT2D eigenvalue weighted by Gasteiger charge is 2.42. The highest BCUT2D eigenvalue weighted by atomic mass is 32.1. The van der Waals surface area contributed by atoms with Crippen molar-refractivity contribution in [3.05, 3.63) is 78.0 Å². The van der Waals surface area contributed by atoms with Crippen molar-refractivity contribution in [1.82, 2.24) is 10.3 Å². The molecule has 1 aromatic carbocycles. The minimum absolute atomic E-state index is 0.106. The molecule has 5 nitrogen and oxygen atoms in total. The van der Waals surface area contributed by atoms with Gasteiger partial charge in [0.15, 0.2) is 5.11 Å². The van der Waals surface area contributed by atoms with E-state index in [4.69, 9.17) is 21.4 Å². The van der Waals surface area contributed by atoms with Crippen LogP contribution in [0.25, 0.3) is 0 Å². The first-order valence-corrected chi connectivity index (χ1v) is 9.77. The second kappa shape index (κ2) is 7.64. The Balaban J connectivity index is 1.73. The van der Waals surface area contributed by atoms with Crippen LogP contribution in [-0.4, -0.2) is 16.2 Å². The number of ether oxygens (including phenoxy) is 1. The highest BCUT2D eigenvalue weighted by Crippen LogP contribution is 2.42. The molecular formula is C22H23N3O2S. The first kappa shape index (κ1) is 18.5. The van der Waals surface area contributed by atoms with Gasteiger partial charge in [0.05, 0.1) is 17.8 Å². The molecule has 0 bridgehead atoms. The quantitative estimate of drug-likeness (QED) is 0.619. The number of rotatable bonds is 5. The van der Waals surface area contributed by atoms with Gasteiger partial charge in [0.1, 0.15) is 23.3 Å². The van der Waals surface area contributed by atoms with Gasteiger partial charge in [-0.3, -0.25) is 4.98 Å². The van der Waals surface area contributed by atoms with Crippen molar-refractivity contribution in [2.75, 3.05) is 4.90 Å². The fourth-order valence-corrected chi connectivity index (χ4v) is 3.84. The Labute approximate surface area is 170 Å². The molecular weight excluding hydrogens is 370 g/mol. The van der Waals surface area contributed by atoms with E-state index >= 15 is 0 Å². The van der Waals surface area contributed by atoms with Crippen LogP contribution in [0.3, 0.4) is 0 Å². The lowest BCUT2D eigenvalue weighted by Gasteiger charge is -2.26. The molecule has 2 atom stereocenters. The second-order valence-electron chi connectivity index (χ2n) is 7.11. The predicted octanol–water partition coefficient (Wildman–Crippen LogP) is 4.95. The van der Waals surface area contributed by atoms with Crippen molar-refractivity contribution in [3.8, 4) is 5.75 Å². The van der Waals surface area contributed by atoms with Crippen LogP contribution in [-0.2, 0) is 0 Å². The van der Waals surface area contributed by atoms with Crippen molar-refractivity contribution in [2.45, 2.75) is 39.0 Å². The molecule has 1 saturated heterocycles. The molecule has 3 aromatic rings. The van der Waals surface area contributed by atoms with Crippen LogP contribution in [0.1, 0.15) is 43.1 Å². The third-order valence-electron chi connectivity index (χ3n) is 4.64. The largest absolute Gasteiger partial charge is 0.491 e. The number of aryl methyl sites for hydroxylation is 1. The number of hydrogen-bond donors (Lipinski definition) is 1. The van der Waals surface area contributed by atoms with Gasteiger partial charge in [0.25, 0.3) is 0 Å². The zero-order chi connectivity index (χ0) is 19.7. The summed E-state index contributed by atoms with van der Waals surface area (Å²) in [5, 5.41) is 4.07. The van der Waals surface area contributed by atoms with Crippen molar-refractivity contribution in [3.63, 3.8) is 0 Å². The van der Waals surface area contributed by atoms with Gasteiger partial charge in [-0.05, 0) is 81.5 Å². The summed E-state index contributed by atoms with van der Waals surface area (Å²) in [6, 6.07) is 17.6. The topological polar surface area (TPSA) is 50.5 Å². The summed E-state index contributed by atoms with van der Waals surface area (Å²) in [4.78, 5) is 6.63. The van der Waals surface area contributed by atoms with E-state index in [1.807, 2.05) is 75.4 Å². The van der Waals surface area contributed by atoms with E-state index in [0.29, 0.717) is 5.11 Å². The number of nitrogens with one attached hydrogen (secondary N) is 1. The Kier molecular flexibility index (Phi) is 5.05. The van der Waals surface area contributed by atoms with E-state index in [0.717, 1.165) is 28.7 Å². The zero-order valence-electron chi connectivity index (χ0n) is 16.1. The number of thiocarbonyl (C=S) groups is 1. The Hall–Kier alpha value is -2.86. The van der Waals surface area contributed by atoms with Gasteiger partial charge in [-0.15, -0.1) is 0 Å². The minimum Gasteiger partial charge on any atom is -0.491 e. The molecule has 0 spiro atoms. The maximum Gasteiger partial charge on any atom is 0.174 e. The summed E-state index contributed by atoms with van der Waals surface area (Å²) >= 11 is 5.70. The molecule has 2 aromatic heterocycles. The molecule has 0 saturated carbocycles. The van der Waals surface area contributed by atoms with Gasteiger partial charge in [0.2, 0.25) is 0 Å². The molecule has 6 heteroatoms. The summed E-state index contributed by atoms with van der Waals surface area (Å²) in [7, 11) is 0. The Morgan fingerprint density at radius 2 is 1.89 bits per heavy atom. The van der Waals surface area contributed by atoms with E-state index < -0.39 is 0 Å². The van der Waals surface area contributed by atoms with Crippen LogP contribution in [0, 0.1) is 6.92 Å². The molecule has 0 amide bonds. The molecule has 1 aliphatic heterocycles. The zero-order valence-corrected chi connectivity index (χ0v) is 16.9. The second-order valence-corrected chi connectivity index (χ2v) is 7.49. The van der Waals surface area contributed by atoms with Gasteiger partial charge < -0.3 is 19.4 Å². The van der Waals surface area contributed by atoms with Gasteiger partial charge in [0, 0.05) is 11.9 Å². The van der Waals surface area contributed by atoms with Crippen molar-refractivity contribution >= 4 is 23.0 Å². The molecule has 3 heterocycles. The number of aromatic nitrogens is 1. The number of benzene rings is 1. The third-order valence-corrected chi connectivity index (χ3v) is 4.95. The summed E-state index contributed by atoms with van der Waals surface area (Å²) in [6.07, 6.45) is 1.93. The number of pyridine rings is 1. The van der Waals surface area contributed by atoms with E-state index in [2.05, 4.69) is 15.2 Å². The van der Waals surface area contributed by atoms with Crippen LogP contribution in [0.2, 0.25) is 0 Å². The fourth-order valence-electron chi connectivity index (χ4n) is 3.49. The van der Waals surface area contributed by atoms with E-state index in [1.54, 1.807) is 6.20 Å². The number of nitrogens with zero attached hydrogens (tertiary/aromatic N) is 2. The minimum atomic E-state index is -0.132. The maximum absolute atomic E-state index is 6.00. The Bertz CT molecular complexity index is 953. The normalized spacial score (nSPS) is 19.1. The summed E-state index contributed by atoms with van der Waals surface area (Å²) in [6.45, 7) is 5.97. The predicted molar refractivity (Wildman–Crippen MR) is 114 cm³/mol. The maximum atomic E-state index is 6.00. The molecule has 4 rings (SSSR count). The number of furan rings is 1. The molecule has 28 heavy (non-hydrogen) atoms. The lowest BCUT2D eigenvalue weighted by Crippen LogP contribution is -2.29. The molecule has 0 unspecified atom stereocenters. The summed E-state index contributed by atoms with van der Waals surface area (Å²) < 4.78 is 11.8. The standard InChI is InChI=1S/C22H23N3O2S/c1-14(2)26-17-10-8-16(9-11-17)25-21(19-12-7-15(3)27-19)20(24-22(25)28)18-6-4-5-13-23-18/h4-14,20-21H,1-3H3,(H,24,28)/t20-,21+/m1/s1. The van der Waals surface area contributed by atoms with Crippen LogP contribution in [0.15, 0.2) is 65.2 Å². The lowest BCUT2D eigenvalue weighted by molar-refractivity contribution is 0.242. The van der Waals surface area contributed by atoms with Gasteiger partial charge in [-0.25, -0.2) is 0 Å². The van der Waals surface area contributed by atoms with Crippen molar-refractivity contribution < 1.29 is 9.15 Å². The van der Waals surface area contributed by atoms with Crippen molar-refractivity contribution in [2.24, 2.45) is 0 Å². The average molecular weight is 394 g/mol. The van der Waals surface area contributed by atoms with Gasteiger partial charge in [-0.2, -0.15) is 0 Å². The van der Waals surface area contributed by atoms with Gasteiger partial charge >= 0.3 is 0 Å². The van der Waals surface area contributed by atoms with Gasteiger partial charge in [-0.1, -0.05) is 6.07 Å². The molecule has 1 aliphatic rings. The van der Waals surface area contributed by atoms with E-state index in [9.17, 15) is 0 Å². The molecule has 0 aliphatic carbocycles. The highest BCUT2D eigenvalue weighted by molar-refractivity contribution is 7.80. The van der Waals surface area contributed by atoms with Crippen LogP contribution < -0.4 is 15.0 Å². The molecule has 1 fully saturated rings. The Morgan fingerprint density at radius 1 is 1.11 bits per heavy atom. The smallest absolute Gasteiger partial charge is 0.174 e. The van der Waals surface area contributed by atoms with Crippen molar-refractivity contribution in [1.29, 1.82) is 0 Å². The SMILES string of the molecule is Cc1ccc([C@H]2[C@@H](c3ccccn3)NC(=S)N2c2ccc(OC(C)C)cc2)o1. The average Bonchev–Trinajstić information content (AvgIpc) is 3.26.